The van der Waals surface area contributed by atoms with Gasteiger partial charge in [-0.3, -0.25) is 4.79 Å². The minimum atomic E-state index is 0.184. The number of piperidine rings is 1. The smallest absolute Gasteiger partial charge is 0.254 e. The van der Waals surface area contributed by atoms with Gasteiger partial charge >= 0.3 is 0 Å². The van der Waals surface area contributed by atoms with Crippen molar-refractivity contribution < 1.29 is 4.79 Å². The molecule has 0 spiro atoms. The first-order chi connectivity index (χ1) is 9.27. The summed E-state index contributed by atoms with van der Waals surface area (Å²) in [6.07, 6.45) is 3.48. The van der Waals surface area contributed by atoms with Crippen LogP contribution in [0.4, 0.5) is 0 Å². The lowest BCUT2D eigenvalue weighted by atomic mass is 9.99. The summed E-state index contributed by atoms with van der Waals surface area (Å²) in [6, 6.07) is 14.5. The number of likely N-dealkylation sites (tertiary alicyclic amines) is 1. The molecule has 1 heterocycles. The Hall–Kier alpha value is -1.83. The number of hydrogen-bond acceptors (Lipinski definition) is 1. The van der Waals surface area contributed by atoms with Crippen molar-refractivity contribution in [3.05, 3.63) is 48.0 Å². The van der Waals surface area contributed by atoms with Gasteiger partial charge in [0.2, 0.25) is 0 Å². The average Bonchev–Trinajstić information content (AvgIpc) is 2.46. The van der Waals surface area contributed by atoms with Crippen LogP contribution in [0.25, 0.3) is 10.8 Å². The number of carbonyl (C=O) groups excluding carboxylic acids is 1. The predicted octanol–water partition coefficient (Wildman–Crippen LogP) is 3.85. The highest BCUT2D eigenvalue weighted by atomic mass is 16.2. The maximum atomic E-state index is 12.8. The molecule has 2 nitrogen and oxygen atoms in total. The molecular formula is C17H19NO. The van der Waals surface area contributed by atoms with Crippen molar-refractivity contribution in [2.75, 3.05) is 6.54 Å². The van der Waals surface area contributed by atoms with E-state index in [4.69, 9.17) is 0 Å². The molecule has 1 aliphatic rings. The molecule has 1 fully saturated rings. The van der Waals surface area contributed by atoms with Crippen LogP contribution in [0.2, 0.25) is 0 Å². The van der Waals surface area contributed by atoms with Gasteiger partial charge in [0.05, 0.1) is 0 Å². The third-order valence-corrected chi connectivity index (χ3v) is 4.08. The molecule has 0 saturated carbocycles. The van der Waals surface area contributed by atoms with Crippen molar-refractivity contribution in [1.29, 1.82) is 0 Å². The van der Waals surface area contributed by atoms with Gasteiger partial charge < -0.3 is 4.90 Å². The Balaban J connectivity index is 2.01. The molecule has 1 amide bonds. The van der Waals surface area contributed by atoms with E-state index in [2.05, 4.69) is 19.1 Å². The lowest BCUT2D eigenvalue weighted by Crippen LogP contribution is -2.42. The third-order valence-electron chi connectivity index (χ3n) is 4.08. The third kappa shape index (κ3) is 2.23. The summed E-state index contributed by atoms with van der Waals surface area (Å²) in [5.41, 5.74) is 0.840. The van der Waals surface area contributed by atoms with Gasteiger partial charge in [0.15, 0.2) is 0 Å². The molecule has 0 aliphatic carbocycles. The van der Waals surface area contributed by atoms with Gasteiger partial charge in [-0.15, -0.1) is 0 Å². The highest BCUT2D eigenvalue weighted by Gasteiger charge is 2.24. The van der Waals surface area contributed by atoms with Gasteiger partial charge in [-0.05, 0) is 43.0 Å². The fraction of sp³-hybridized carbons (Fsp3) is 0.353. The minimum absolute atomic E-state index is 0.184. The molecule has 0 radical (unpaired) electrons. The Bertz CT molecular complexity index is 600. The lowest BCUT2D eigenvalue weighted by Gasteiger charge is -2.33. The second kappa shape index (κ2) is 5.04. The fourth-order valence-corrected chi connectivity index (χ4v) is 2.97. The topological polar surface area (TPSA) is 20.3 Å². The molecule has 98 valence electrons. The number of fused-ring (bicyclic) bond motifs is 1. The van der Waals surface area contributed by atoms with Crippen LogP contribution in [0.1, 0.15) is 36.5 Å². The Labute approximate surface area is 114 Å². The Kier molecular flexibility index (Phi) is 3.24. The molecule has 1 atom stereocenters. The Morgan fingerprint density at radius 2 is 1.89 bits per heavy atom. The summed E-state index contributed by atoms with van der Waals surface area (Å²) in [5, 5.41) is 2.20. The van der Waals surface area contributed by atoms with E-state index in [1.165, 1.54) is 6.42 Å². The van der Waals surface area contributed by atoms with E-state index in [0.29, 0.717) is 6.04 Å². The molecule has 19 heavy (non-hydrogen) atoms. The Morgan fingerprint density at radius 1 is 1.11 bits per heavy atom. The first kappa shape index (κ1) is 12.2. The van der Waals surface area contributed by atoms with E-state index in [9.17, 15) is 4.79 Å². The van der Waals surface area contributed by atoms with Gasteiger partial charge in [0.1, 0.15) is 0 Å². The van der Waals surface area contributed by atoms with Gasteiger partial charge in [-0.1, -0.05) is 36.4 Å². The van der Waals surface area contributed by atoms with E-state index in [1.54, 1.807) is 0 Å². The largest absolute Gasteiger partial charge is 0.336 e. The molecule has 1 saturated heterocycles. The highest BCUT2D eigenvalue weighted by molar-refractivity contribution is 6.07. The summed E-state index contributed by atoms with van der Waals surface area (Å²) in [6.45, 7) is 3.05. The lowest BCUT2D eigenvalue weighted by molar-refractivity contribution is 0.0637. The molecule has 3 rings (SSSR count). The SMILES string of the molecule is CC1CCCCN1C(=O)c1cccc2ccccc12. The predicted molar refractivity (Wildman–Crippen MR) is 78.3 cm³/mol. The van der Waals surface area contributed by atoms with Gasteiger partial charge in [0.25, 0.3) is 5.91 Å². The number of nitrogens with zero attached hydrogens (tertiary/aromatic N) is 1. The molecule has 2 heteroatoms. The molecule has 1 aliphatic heterocycles. The van der Waals surface area contributed by atoms with Crippen LogP contribution in [-0.2, 0) is 0 Å². The van der Waals surface area contributed by atoms with Crippen molar-refractivity contribution in [1.82, 2.24) is 4.90 Å². The Morgan fingerprint density at radius 3 is 2.74 bits per heavy atom. The zero-order valence-corrected chi connectivity index (χ0v) is 11.3. The standard InChI is InChI=1S/C17H19NO/c1-13-7-4-5-12-18(13)17(19)16-11-6-9-14-8-2-3-10-15(14)16/h2-3,6,8-11,13H,4-5,7,12H2,1H3. The monoisotopic (exact) mass is 253 g/mol. The quantitative estimate of drug-likeness (QED) is 0.756. The van der Waals surface area contributed by atoms with Gasteiger partial charge in [-0.2, -0.15) is 0 Å². The van der Waals surface area contributed by atoms with Gasteiger partial charge in [0, 0.05) is 18.2 Å². The summed E-state index contributed by atoms with van der Waals surface area (Å²) in [5.74, 6) is 0.184. The molecule has 0 N–H and O–H groups in total. The van der Waals surface area contributed by atoms with Crippen LogP contribution in [0.15, 0.2) is 42.5 Å². The highest BCUT2D eigenvalue weighted by Crippen LogP contribution is 2.24. The van der Waals surface area contributed by atoms with Crippen molar-refractivity contribution >= 4 is 16.7 Å². The maximum absolute atomic E-state index is 12.8. The average molecular weight is 253 g/mol. The molecule has 2 aromatic rings. The van der Waals surface area contributed by atoms with Gasteiger partial charge in [-0.25, -0.2) is 0 Å². The summed E-state index contributed by atoms with van der Waals surface area (Å²) in [7, 11) is 0. The normalized spacial score (nSPS) is 19.6. The molecule has 0 bridgehead atoms. The molecule has 1 unspecified atom stereocenters. The first-order valence-electron chi connectivity index (χ1n) is 7.06. The first-order valence-corrected chi connectivity index (χ1v) is 7.06. The van der Waals surface area contributed by atoms with E-state index in [0.717, 1.165) is 35.7 Å². The maximum Gasteiger partial charge on any atom is 0.254 e. The zero-order chi connectivity index (χ0) is 13.2. The van der Waals surface area contributed by atoms with Crippen LogP contribution in [0.5, 0.6) is 0 Å². The van der Waals surface area contributed by atoms with E-state index in [-0.39, 0.29) is 5.91 Å². The van der Waals surface area contributed by atoms with Crippen molar-refractivity contribution in [3.8, 4) is 0 Å². The number of benzene rings is 2. The minimum Gasteiger partial charge on any atom is -0.336 e. The van der Waals surface area contributed by atoms with Crippen LogP contribution >= 0.6 is 0 Å². The number of carbonyl (C=O) groups is 1. The van der Waals surface area contributed by atoms with E-state index < -0.39 is 0 Å². The summed E-state index contributed by atoms with van der Waals surface area (Å²) < 4.78 is 0. The van der Waals surface area contributed by atoms with Crippen LogP contribution in [-0.4, -0.2) is 23.4 Å². The second-order valence-corrected chi connectivity index (χ2v) is 5.37. The second-order valence-electron chi connectivity index (χ2n) is 5.37. The zero-order valence-electron chi connectivity index (χ0n) is 11.3. The van der Waals surface area contributed by atoms with Crippen LogP contribution in [0.3, 0.4) is 0 Å². The number of rotatable bonds is 1. The molecule has 2 aromatic carbocycles. The summed E-state index contributed by atoms with van der Waals surface area (Å²) in [4.78, 5) is 14.8. The number of amides is 1. The van der Waals surface area contributed by atoms with Crippen molar-refractivity contribution in [3.63, 3.8) is 0 Å². The van der Waals surface area contributed by atoms with Crippen molar-refractivity contribution in [2.24, 2.45) is 0 Å². The van der Waals surface area contributed by atoms with E-state index >= 15 is 0 Å². The summed E-state index contributed by atoms with van der Waals surface area (Å²) >= 11 is 0. The number of hydrogen-bond donors (Lipinski definition) is 0. The van der Waals surface area contributed by atoms with E-state index in [1.807, 2.05) is 35.2 Å². The molecule has 0 aromatic heterocycles. The van der Waals surface area contributed by atoms with Crippen LogP contribution in [0, 0.1) is 0 Å². The van der Waals surface area contributed by atoms with Crippen molar-refractivity contribution in [2.45, 2.75) is 32.2 Å². The van der Waals surface area contributed by atoms with Crippen LogP contribution < -0.4 is 0 Å². The fourth-order valence-electron chi connectivity index (χ4n) is 2.97. The molecular weight excluding hydrogens is 234 g/mol.